The van der Waals surface area contributed by atoms with Gasteiger partial charge in [-0.1, -0.05) is 43.4 Å². The summed E-state index contributed by atoms with van der Waals surface area (Å²) in [5, 5.41) is 27.9. The summed E-state index contributed by atoms with van der Waals surface area (Å²) >= 11 is 0. The van der Waals surface area contributed by atoms with Crippen LogP contribution in [0.25, 0.3) is 0 Å². The van der Waals surface area contributed by atoms with Crippen LogP contribution < -0.4 is 0 Å². The summed E-state index contributed by atoms with van der Waals surface area (Å²) in [6.45, 7) is 1.94. The predicted octanol–water partition coefficient (Wildman–Crippen LogP) is 3.11. The Morgan fingerprint density at radius 2 is 2.06 bits per heavy atom. The highest BCUT2D eigenvalue weighted by atomic mass is 16.3. The minimum Gasteiger partial charge on any atom is -0.506 e. The van der Waals surface area contributed by atoms with Crippen molar-refractivity contribution in [2.24, 2.45) is 10.2 Å². The zero-order valence-electron chi connectivity index (χ0n) is 10.2. The van der Waals surface area contributed by atoms with Gasteiger partial charge < -0.3 is 10.2 Å². The molecule has 1 aliphatic rings. The van der Waals surface area contributed by atoms with Gasteiger partial charge in [-0.2, -0.15) is 10.2 Å². The fraction of sp³-hybridized carbons (Fsp3) is 0.286. The van der Waals surface area contributed by atoms with E-state index in [-0.39, 0.29) is 5.75 Å². The summed E-state index contributed by atoms with van der Waals surface area (Å²) in [5.74, 6) is 0.0809. The summed E-state index contributed by atoms with van der Waals surface area (Å²) in [7, 11) is 0. The molecule has 0 aliphatic heterocycles. The van der Waals surface area contributed by atoms with Gasteiger partial charge in [-0.25, -0.2) is 0 Å². The Hall–Kier alpha value is -1.94. The van der Waals surface area contributed by atoms with Gasteiger partial charge in [-0.05, 0) is 18.6 Å². The van der Waals surface area contributed by atoms with Crippen LogP contribution in [0.3, 0.4) is 0 Å². The molecule has 1 aromatic rings. The van der Waals surface area contributed by atoms with E-state index >= 15 is 0 Å². The van der Waals surface area contributed by atoms with Crippen molar-refractivity contribution in [3.8, 4) is 5.75 Å². The monoisotopic (exact) mass is 244 g/mol. The van der Waals surface area contributed by atoms with Crippen molar-refractivity contribution < 1.29 is 10.2 Å². The molecule has 1 aromatic carbocycles. The number of hydrogen-bond donors (Lipinski definition) is 2. The highest BCUT2D eigenvalue weighted by molar-refractivity contribution is 5.49. The Morgan fingerprint density at radius 1 is 1.28 bits per heavy atom. The van der Waals surface area contributed by atoms with Gasteiger partial charge in [0.2, 0.25) is 0 Å². The van der Waals surface area contributed by atoms with E-state index in [4.69, 9.17) is 0 Å². The molecule has 1 aliphatic carbocycles. The lowest BCUT2D eigenvalue weighted by Crippen LogP contribution is -2.37. The number of azo groups is 1. The van der Waals surface area contributed by atoms with Crippen molar-refractivity contribution >= 4 is 5.69 Å². The minimum absolute atomic E-state index is 0.0809. The van der Waals surface area contributed by atoms with Gasteiger partial charge in [0.15, 0.2) is 0 Å². The first-order chi connectivity index (χ1) is 8.68. The molecular weight excluding hydrogens is 228 g/mol. The fourth-order valence-electron chi connectivity index (χ4n) is 1.84. The van der Waals surface area contributed by atoms with E-state index in [2.05, 4.69) is 10.2 Å². The van der Waals surface area contributed by atoms with E-state index in [0.29, 0.717) is 12.1 Å². The number of aliphatic hydroxyl groups is 1. The molecule has 0 saturated heterocycles. The Kier molecular flexibility index (Phi) is 3.58. The largest absolute Gasteiger partial charge is 0.506 e. The Labute approximate surface area is 106 Å². The van der Waals surface area contributed by atoms with Gasteiger partial charge in [0, 0.05) is 0 Å². The van der Waals surface area contributed by atoms with Crippen LogP contribution in [0.15, 0.2) is 58.8 Å². The fourth-order valence-corrected chi connectivity index (χ4v) is 1.84. The molecule has 0 fully saturated rings. The van der Waals surface area contributed by atoms with Gasteiger partial charge in [0.05, 0.1) is 0 Å². The second-order valence-electron chi connectivity index (χ2n) is 4.22. The maximum Gasteiger partial charge on any atom is 0.143 e. The van der Waals surface area contributed by atoms with Gasteiger partial charge in [0.1, 0.15) is 23.1 Å². The molecule has 0 spiro atoms. The first-order valence-electron chi connectivity index (χ1n) is 5.93. The third-order valence-corrected chi connectivity index (χ3v) is 3.09. The number of aromatic hydroxyl groups is 1. The highest BCUT2D eigenvalue weighted by Crippen LogP contribution is 2.31. The Balaban J connectivity index is 2.29. The van der Waals surface area contributed by atoms with Crippen molar-refractivity contribution in [1.29, 1.82) is 0 Å². The molecule has 4 heteroatoms. The number of phenolic OH excluding ortho intramolecular Hbond substituents is 1. The highest BCUT2D eigenvalue weighted by Gasteiger charge is 2.33. The lowest BCUT2D eigenvalue weighted by molar-refractivity contribution is 0.146. The van der Waals surface area contributed by atoms with Crippen molar-refractivity contribution in [3.05, 3.63) is 48.6 Å². The smallest absolute Gasteiger partial charge is 0.143 e. The van der Waals surface area contributed by atoms with E-state index in [0.717, 1.165) is 0 Å². The number of rotatable bonds is 3. The van der Waals surface area contributed by atoms with Gasteiger partial charge in [-0.3, -0.25) is 0 Å². The average Bonchev–Trinajstić information content (AvgIpc) is 2.40. The summed E-state index contributed by atoms with van der Waals surface area (Å²) < 4.78 is 0. The summed E-state index contributed by atoms with van der Waals surface area (Å²) in [4.78, 5) is 0. The standard InChI is InChI=1S/C14H16N2O2/c1-2-14(10-6-5-9-13(14)18)16-15-11-7-3-4-8-12(11)17/h3-10,13,17-18H,2H2,1H3. The third-order valence-electron chi connectivity index (χ3n) is 3.09. The average molecular weight is 244 g/mol. The molecule has 0 radical (unpaired) electrons. The molecule has 0 amide bonds. The van der Waals surface area contributed by atoms with E-state index in [1.807, 2.05) is 19.1 Å². The molecule has 0 saturated carbocycles. The van der Waals surface area contributed by atoms with Crippen LogP contribution in [-0.4, -0.2) is 21.9 Å². The number of benzene rings is 1. The van der Waals surface area contributed by atoms with Crippen LogP contribution in [0, 0.1) is 0 Å². The molecule has 0 aromatic heterocycles. The van der Waals surface area contributed by atoms with Crippen LogP contribution in [-0.2, 0) is 0 Å². The zero-order chi connectivity index (χ0) is 13.0. The van der Waals surface area contributed by atoms with Crippen LogP contribution in [0.5, 0.6) is 5.75 Å². The Morgan fingerprint density at radius 3 is 2.72 bits per heavy atom. The number of hydrogen-bond acceptors (Lipinski definition) is 4. The first kappa shape index (κ1) is 12.5. The minimum atomic E-state index is -0.739. The van der Waals surface area contributed by atoms with Gasteiger partial charge >= 0.3 is 0 Å². The molecule has 2 rings (SSSR count). The number of nitrogens with zero attached hydrogens (tertiary/aromatic N) is 2. The number of aliphatic hydroxyl groups excluding tert-OH is 1. The zero-order valence-corrected chi connectivity index (χ0v) is 10.2. The van der Waals surface area contributed by atoms with Crippen molar-refractivity contribution in [1.82, 2.24) is 0 Å². The molecule has 0 heterocycles. The molecular formula is C14H16N2O2. The van der Waals surface area contributed by atoms with Crippen molar-refractivity contribution in [2.45, 2.75) is 25.0 Å². The second-order valence-corrected chi connectivity index (χ2v) is 4.22. The van der Waals surface area contributed by atoms with Crippen LogP contribution >= 0.6 is 0 Å². The summed E-state index contributed by atoms with van der Waals surface area (Å²) in [6, 6.07) is 6.73. The second kappa shape index (κ2) is 5.14. The number of para-hydroxylation sites is 1. The predicted molar refractivity (Wildman–Crippen MR) is 69.9 cm³/mol. The molecule has 2 N–H and O–H groups in total. The van der Waals surface area contributed by atoms with Crippen LogP contribution in [0.1, 0.15) is 13.3 Å². The van der Waals surface area contributed by atoms with Gasteiger partial charge in [-0.15, -0.1) is 0 Å². The SMILES string of the molecule is CCC1(N=Nc2ccccc2O)C=CC=CC1O. The summed E-state index contributed by atoms with van der Waals surface area (Å²) in [5.41, 5.74) is -0.336. The van der Waals surface area contributed by atoms with Crippen molar-refractivity contribution in [3.63, 3.8) is 0 Å². The normalized spacial score (nSPS) is 26.9. The lowest BCUT2D eigenvalue weighted by Gasteiger charge is -2.29. The maximum atomic E-state index is 10.0. The Bertz CT molecular complexity index is 508. The molecule has 0 bridgehead atoms. The molecule has 2 atom stereocenters. The topological polar surface area (TPSA) is 65.2 Å². The van der Waals surface area contributed by atoms with E-state index in [1.165, 1.54) is 0 Å². The summed E-state index contributed by atoms with van der Waals surface area (Å²) in [6.07, 6.45) is 7.09. The quantitative estimate of drug-likeness (QED) is 0.802. The van der Waals surface area contributed by atoms with Gasteiger partial charge in [0.25, 0.3) is 0 Å². The van der Waals surface area contributed by atoms with Crippen LogP contribution in [0.2, 0.25) is 0 Å². The van der Waals surface area contributed by atoms with E-state index in [1.54, 1.807) is 36.4 Å². The first-order valence-corrected chi connectivity index (χ1v) is 5.93. The lowest BCUT2D eigenvalue weighted by atomic mass is 9.87. The molecule has 94 valence electrons. The van der Waals surface area contributed by atoms with E-state index in [9.17, 15) is 10.2 Å². The number of allylic oxidation sites excluding steroid dienone is 2. The molecule has 2 unspecified atom stereocenters. The van der Waals surface area contributed by atoms with Crippen molar-refractivity contribution in [2.75, 3.05) is 0 Å². The maximum absolute atomic E-state index is 10.0. The molecule has 18 heavy (non-hydrogen) atoms. The molecule has 4 nitrogen and oxygen atoms in total. The number of phenols is 1. The van der Waals surface area contributed by atoms with E-state index < -0.39 is 11.6 Å². The third kappa shape index (κ3) is 2.33. The van der Waals surface area contributed by atoms with Crippen LogP contribution in [0.4, 0.5) is 5.69 Å².